The number of fused-ring (bicyclic) bond motifs is 1. The van der Waals surface area contributed by atoms with Crippen LogP contribution in [0.15, 0.2) is 36.5 Å². The second-order valence-corrected chi connectivity index (χ2v) is 7.73. The van der Waals surface area contributed by atoms with Crippen molar-refractivity contribution in [1.29, 1.82) is 0 Å². The number of aromatic nitrogens is 2. The second kappa shape index (κ2) is 8.22. The summed E-state index contributed by atoms with van der Waals surface area (Å²) in [7, 11) is 0. The first-order valence-corrected chi connectivity index (χ1v) is 10.0. The maximum atomic E-state index is 13.2. The molecule has 0 radical (unpaired) electrons. The molecule has 3 aromatic rings. The number of nitrogens with zero attached hydrogens (tertiary/aromatic N) is 3. The third kappa shape index (κ3) is 4.66. The van der Waals surface area contributed by atoms with Gasteiger partial charge in [-0.3, -0.25) is 0 Å². The van der Waals surface area contributed by atoms with Gasteiger partial charge in [-0.2, -0.15) is 13.2 Å². The Labute approximate surface area is 178 Å². The zero-order chi connectivity index (χ0) is 22.2. The van der Waals surface area contributed by atoms with E-state index in [4.69, 9.17) is 10.5 Å². The number of hydrogen-bond donors (Lipinski definition) is 2. The predicted molar refractivity (Wildman–Crippen MR) is 115 cm³/mol. The van der Waals surface area contributed by atoms with Crippen LogP contribution in [0.1, 0.15) is 29.8 Å². The van der Waals surface area contributed by atoms with Gasteiger partial charge in [-0.1, -0.05) is 0 Å². The minimum atomic E-state index is -4.46. The minimum absolute atomic E-state index is 0.0745. The molecule has 0 bridgehead atoms. The number of aryl methyl sites for hydroxylation is 1. The minimum Gasteiger partial charge on any atom is -0.399 e. The van der Waals surface area contributed by atoms with Crippen molar-refractivity contribution in [2.75, 3.05) is 42.3 Å². The Balaban J connectivity index is 1.69. The van der Waals surface area contributed by atoms with Gasteiger partial charge >= 0.3 is 6.18 Å². The van der Waals surface area contributed by atoms with E-state index >= 15 is 0 Å². The Hall–Kier alpha value is -3.07. The van der Waals surface area contributed by atoms with E-state index in [-0.39, 0.29) is 5.69 Å². The number of alkyl halides is 3. The van der Waals surface area contributed by atoms with E-state index in [1.165, 1.54) is 0 Å². The number of benzene rings is 1. The van der Waals surface area contributed by atoms with Crippen LogP contribution in [-0.4, -0.2) is 36.3 Å². The summed E-state index contributed by atoms with van der Waals surface area (Å²) in [6, 6.07) is 7.10. The van der Waals surface area contributed by atoms with E-state index in [0.717, 1.165) is 47.7 Å². The number of hydrogen-bond acceptors (Lipinski definition) is 6. The lowest BCUT2D eigenvalue weighted by Crippen LogP contribution is -2.36. The van der Waals surface area contributed by atoms with E-state index in [1.807, 2.05) is 19.1 Å². The predicted octanol–water partition coefficient (Wildman–Crippen LogP) is 4.55. The third-order valence-corrected chi connectivity index (χ3v) is 5.33. The standard InChI is InChI=1S/C22H24F3N5O/c1-13-7-20(29-14(2)15-8-16(22(23,24)25)10-17(26)9-15)19-11-18(12-27-21(19)28-13)30-3-5-31-6-4-30/h7-12,14H,3-6,26H2,1-2H3,(H,27,28,29). The maximum Gasteiger partial charge on any atom is 0.416 e. The summed E-state index contributed by atoms with van der Waals surface area (Å²) in [5.41, 5.74) is 8.56. The average molecular weight is 431 g/mol. The molecule has 164 valence electrons. The van der Waals surface area contributed by atoms with E-state index in [2.05, 4.69) is 20.2 Å². The smallest absolute Gasteiger partial charge is 0.399 e. The second-order valence-electron chi connectivity index (χ2n) is 7.73. The molecule has 1 fully saturated rings. The molecule has 0 aliphatic carbocycles. The zero-order valence-electron chi connectivity index (χ0n) is 17.3. The summed E-state index contributed by atoms with van der Waals surface area (Å²) in [6.45, 7) is 6.52. The van der Waals surface area contributed by atoms with E-state index in [9.17, 15) is 13.2 Å². The topological polar surface area (TPSA) is 76.3 Å². The Morgan fingerprint density at radius 3 is 2.58 bits per heavy atom. The van der Waals surface area contributed by atoms with Crippen molar-refractivity contribution in [3.05, 3.63) is 53.3 Å². The monoisotopic (exact) mass is 431 g/mol. The summed E-state index contributed by atoms with van der Waals surface area (Å²) in [5, 5.41) is 4.14. The molecule has 1 aliphatic heterocycles. The van der Waals surface area contributed by atoms with Crippen molar-refractivity contribution >= 4 is 28.1 Å². The van der Waals surface area contributed by atoms with Gasteiger partial charge in [0.15, 0.2) is 5.65 Å². The van der Waals surface area contributed by atoms with Crippen LogP contribution < -0.4 is 16.0 Å². The van der Waals surface area contributed by atoms with Crippen molar-refractivity contribution in [2.24, 2.45) is 0 Å². The van der Waals surface area contributed by atoms with Gasteiger partial charge in [0.05, 0.1) is 30.7 Å². The van der Waals surface area contributed by atoms with Crippen LogP contribution in [0, 0.1) is 6.92 Å². The van der Waals surface area contributed by atoms with Crippen molar-refractivity contribution in [1.82, 2.24) is 9.97 Å². The van der Waals surface area contributed by atoms with Crippen molar-refractivity contribution in [3.8, 4) is 0 Å². The molecule has 3 heterocycles. The maximum absolute atomic E-state index is 13.2. The molecule has 6 nitrogen and oxygen atoms in total. The molecule has 3 N–H and O–H groups in total. The van der Waals surface area contributed by atoms with E-state index in [0.29, 0.717) is 24.4 Å². The molecule has 2 aromatic heterocycles. The van der Waals surface area contributed by atoms with Crippen LogP contribution in [0.2, 0.25) is 0 Å². The van der Waals surface area contributed by atoms with Gasteiger partial charge in [-0.25, -0.2) is 9.97 Å². The number of rotatable bonds is 4. The number of halogens is 3. The summed E-state index contributed by atoms with van der Waals surface area (Å²) < 4.78 is 45.1. The number of nitrogens with two attached hydrogens (primary N) is 1. The molecule has 9 heteroatoms. The molecular formula is C22H24F3N5O. The average Bonchev–Trinajstić information content (AvgIpc) is 2.73. The lowest BCUT2D eigenvalue weighted by molar-refractivity contribution is -0.137. The highest BCUT2D eigenvalue weighted by Gasteiger charge is 2.31. The quantitative estimate of drug-likeness (QED) is 0.591. The van der Waals surface area contributed by atoms with Gasteiger partial charge < -0.3 is 20.7 Å². The Morgan fingerprint density at radius 2 is 1.87 bits per heavy atom. The summed E-state index contributed by atoms with van der Waals surface area (Å²) >= 11 is 0. The molecule has 1 aromatic carbocycles. The highest BCUT2D eigenvalue weighted by molar-refractivity contribution is 5.91. The van der Waals surface area contributed by atoms with Gasteiger partial charge in [0.25, 0.3) is 0 Å². The molecule has 31 heavy (non-hydrogen) atoms. The van der Waals surface area contributed by atoms with Crippen LogP contribution in [0.5, 0.6) is 0 Å². The molecule has 1 atom stereocenters. The van der Waals surface area contributed by atoms with Crippen LogP contribution in [-0.2, 0) is 10.9 Å². The molecule has 4 rings (SSSR count). The van der Waals surface area contributed by atoms with Crippen LogP contribution in [0.4, 0.5) is 30.2 Å². The van der Waals surface area contributed by atoms with E-state index in [1.54, 1.807) is 19.2 Å². The normalized spacial score (nSPS) is 15.8. The molecular weight excluding hydrogens is 407 g/mol. The van der Waals surface area contributed by atoms with Crippen LogP contribution in [0.25, 0.3) is 11.0 Å². The van der Waals surface area contributed by atoms with Crippen molar-refractivity contribution in [3.63, 3.8) is 0 Å². The first-order chi connectivity index (χ1) is 14.7. The van der Waals surface area contributed by atoms with Crippen molar-refractivity contribution in [2.45, 2.75) is 26.1 Å². The third-order valence-electron chi connectivity index (χ3n) is 5.33. The number of anilines is 3. The fraction of sp³-hybridized carbons (Fsp3) is 0.364. The lowest BCUT2D eigenvalue weighted by atomic mass is 10.0. The molecule has 0 spiro atoms. The van der Waals surface area contributed by atoms with E-state index < -0.39 is 17.8 Å². The van der Waals surface area contributed by atoms with Gasteiger partial charge in [0.1, 0.15) is 0 Å². The Morgan fingerprint density at radius 1 is 1.13 bits per heavy atom. The summed E-state index contributed by atoms with van der Waals surface area (Å²) in [6.07, 6.45) is -2.67. The SMILES string of the molecule is Cc1cc(NC(C)c2cc(N)cc(C(F)(F)F)c2)c2cc(N3CCOCC3)cnc2n1. The molecule has 1 saturated heterocycles. The largest absolute Gasteiger partial charge is 0.416 e. The number of nitrogen functional groups attached to an aromatic ring is 1. The fourth-order valence-electron chi connectivity index (χ4n) is 3.74. The highest BCUT2D eigenvalue weighted by atomic mass is 19.4. The van der Waals surface area contributed by atoms with Crippen LogP contribution in [0.3, 0.4) is 0 Å². The summed E-state index contributed by atoms with van der Waals surface area (Å²) in [4.78, 5) is 11.2. The number of morpholine rings is 1. The van der Waals surface area contributed by atoms with Crippen molar-refractivity contribution < 1.29 is 17.9 Å². The first kappa shape index (κ1) is 21.2. The van der Waals surface area contributed by atoms with Gasteiger partial charge in [0.2, 0.25) is 0 Å². The Bertz CT molecular complexity index is 1100. The lowest BCUT2D eigenvalue weighted by Gasteiger charge is -2.29. The zero-order valence-corrected chi connectivity index (χ0v) is 17.3. The van der Waals surface area contributed by atoms with Gasteiger partial charge in [-0.15, -0.1) is 0 Å². The molecule has 1 aliphatic rings. The molecule has 0 saturated carbocycles. The van der Waals surface area contributed by atoms with Gasteiger partial charge in [-0.05, 0) is 49.7 Å². The van der Waals surface area contributed by atoms with Crippen LogP contribution >= 0.6 is 0 Å². The molecule has 1 unspecified atom stereocenters. The fourth-order valence-corrected chi connectivity index (χ4v) is 3.74. The Kier molecular flexibility index (Phi) is 5.62. The molecule has 0 amide bonds. The van der Waals surface area contributed by atoms with Gasteiger partial charge in [0, 0.05) is 41.6 Å². The highest BCUT2D eigenvalue weighted by Crippen LogP contribution is 2.34. The number of pyridine rings is 2. The number of nitrogens with one attached hydrogen (secondary N) is 1. The first-order valence-electron chi connectivity index (χ1n) is 10.0. The summed E-state index contributed by atoms with van der Waals surface area (Å²) in [5.74, 6) is 0. The number of ether oxygens (including phenoxy) is 1.